The van der Waals surface area contributed by atoms with E-state index < -0.39 is 17.8 Å². The first-order valence-electron chi connectivity index (χ1n) is 7.27. The molecule has 138 valence electrons. The first-order valence-corrected chi connectivity index (χ1v) is 8.09. The van der Waals surface area contributed by atoms with Gasteiger partial charge in [0, 0.05) is 0 Å². The number of nitrogens with two attached hydrogens (primary N) is 1. The van der Waals surface area contributed by atoms with Crippen molar-refractivity contribution in [3.8, 4) is 11.4 Å². The minimum Gasteiger partial charge on any atom is -0.335 e. The van der Waals surface area contributed by atoms with E-state index in [0.717, 1.165) is 11.8 Å². The lowest BCUT2D eigenvalue weighted by Gasteiger charge is -2.06. The number of nitrogen functional groups attached to an aromatic ring is 1. The topological polar surface area (TPSA) is 99.8 Å². The van der Waals surface area contributed by atoms with Crippen LogP contribution in [0, 0.1) is 5.82 Å². The SMILES string of the molecule is Nn1c(Sc2ccc3nnc(-c4ccccc4F)n3n2)nnc1C(F)(F)F. The van der Waals surface area contributed by atoms with Crippen LogP contribution in [0.1, 0.15) is 5.82 Å². The van der Waals surface area contributed by atoms with Gasteiger partial charge in [-0.15, -0.1) is 20.4 Å². The lowest BCUT2D eigenvalue weighted by Crippen LogP contribution is -2.21. The van der Waals surface area contributed by atoms with E-state index in [1.807, 2.05) is 0 Å². The number of hydrogen-bond acceptors (Lipinski definition) is 7. The minimum atomic E-state index is -4.73. The molecule has 27 heavy (non-hydrogen) atoms. The number of benzene rings is 1. The Balaban J connectivity index is 1.74. The minimum absolute atomic E-state index is 0.149. The molecule has 3 aromatic heterocycles. The summed E-state index contributed by atoms with van der Waals surface area (Å²) in [5.74, 6) is 3.72. The summed E-state index contributed by atoms with van der Waals surface area (Å²) in [4.78, 5) is 0. The van der Waals surface area contributed by atoms with Crippen LogP contribution in [-0.2, 0) is 6.18 Å². The number of alkyl halides is 3. The number of fused-ring (bicyclic) bond motifs is 1. The molecule has 0 bridgehead atoms. The highest BCUT2D eigenvalue weighted by atomic mass is 32.2. The van der Waals surface area contributed by atoms with E-state index in [4.69, 9.17) is 5.84 Å². The maximum Gasteiger partial charge on any atom is 0.453 e. The van der Waals surface area contributed by atoms with Gasteiger partial charge in [-0.05, 0) is 36.0 Å². The maximum absolute atomic E-state index is 14.0. The predicted molar refractivity (Wildman–Crippen MR) is 85.5 cm³/mol. The molecule has 4 aromatic rings. The van der Waals surface area contributed by atoms with E-state index in [1.54, 1.807) is 6.07 Å². The second-order valence-corrected chi connectivity index (χ2v) is 6.21. The van der Waals surface area contributed by atoms with Crippen molar-refractivity contribution in [1.29, 1.82) is 0 Å². The van der Waals surface area contributed by atoms with Crippen LogP contribution >= 0.6 is 11.8 Å². The quantitative estimate of drug-likeness (QED) is 0.419. The molecule has 4 rings (SSSR count). The number of hydrogen-bond donors (Lipinski definition) is 1. The molecule has 0 fully saturated rings. The van der Waals surface area contributed by atoms with Crippen LogP contribution in [0.4, 0.5) is 17.6 Å². The van der Waals surface area contributed by atoms with Gasteiger partial charge < -0.3 is 5.84 Å². The summed E-state index contributed by atoms with van der Waals surface area (Å²) >= 11 is 0.761. The Labute approximate surface area is 152 Å². The zero-order valence-electron chi connectivity index (χ0n) is 13.1. The van der Waals surface area contributed by atoms with Crippen LogP contribution < -0.4 is 5.84 Å². The summed E-state index contributed by atoms with van der Waals surface area (Å²) in [6.07, 6.45) is -4.73. The molecule has 0 spiro atoms. The highest BCUT2D eigenvalue weighted by Gasteiger charge is 2.38. The Hall–Kier alpha value is -3.22. The molecule has 8 nitrogen and oxygen atoms in total. The zero-order valence-corrected chi connectivity index (χ0v) is 13.9. The van der Waals surface area contributed by atoms with Crippen LogP contribution in [-0.4, -0.2) is 34.7 Å². The van der Waals surface area contributed by atoms with Crippen molar-refractivity contribution >= 4 is 17.4 Å². The van der Waals surface area contributed by atoms with Gasteiger partial charge in [0.1, 0.15) is 10.8 Å². The molecule has 0 amide bonds. The third-order valence-electron chi connectivity index (χ3n) is 3.47. The molecular formula is C14H8F4N8S. The first kappa shape index (κ1) is 17.2. The predicted octanol–water partition coefficient (Wildman–Crippen LogP) is 2.41. The Kier molecular flexibility index (Phi) is 3.95. The Morgan fingerprint density at radius 1 is 0.963 bits per heavy atom. The van der Waals surface area contributed by atoms with Crippen LogP contribution in [0.2, 0.25) is 0 Å². The standard InChI is InChI=1S/C14H8F4N8S/c15-8-4-2-1-3-7(8)11-21-20-9-5-6-10(24-26(9)11)27-13-23-22-12(25(13)19)14(16,17)18/h1-6H,19H2. The van der Waals surface area contributed by atoms with E-state index in [-0.39, 0.29) is 21.6 Å². The number of aromatic nitrogens is 7. The molecule has 0 saturated carbocycles. The monoisotopic (exact) mass is 396 g/mol. The fourth-order valence-electron chi connectivity index (χ4n) is 2.27. The zero-order chi connectivity index (χ0) is 19.2. The van der Waals surface area contributed by atoms with Crippen LogP contribution in [0.5, 0.6) is 0 Å². The van der Waals surface area contributed by atoms with Gasteiger partial charge in [0.15, 0.2) is 11.5 Å². The molecular weight excluding hydrogens is 388 g/mol. The van der Waals surface area contributed by atoms with Gasteiger partial charge in [-0.2, -0.15) is 22.8 Å². The van der Waals surface area contributed by atoms with E-state index >= 15 is 0 Å². The van der Waals surface area contributed by atoms with Crippen molar-refractivity contribution in [1.82, 2.24) is 34.7 Å². The van der Waals surface area contributed by atoms with Gasteiger partial charge in [0.25, 0.3) is 5.82 Å². The van der Waals surface area contributed by atoms with Gasteiger partial charge in [0.05, 0.1) is 5.56 Å². The molecule has 0 radical (unpaired) electrons. The van der Waals surface area contributed by atoms with E-state index in [1.165, 1.54) is 34.8 Å². The first-order chi connectivity index (χ1) is 12.8. The molecule has 0 saturated heterocycles. The van der Waals surface area contributed by atoms with Crippen molar-refractivity contribution in [2.24, 2.45) is 0 Å². The van der Waals surface area contributed by atoms with Gasteiger partial charge in [-0.3, -0.25) is 0 Å². The van der Waals surface area contributed by atoms with Crippen molar-refractivity contribution in [3.63, 3.8) is 0 Å². The van der Waals surface area contributed by atoms with Crippen molar-refractivity contribution in [3.05, 3.63) is 48.0 Å². The number of rotatable bonds is 3. The highest BCUT2D eigenvalue weighted by Crippen LogP contribution is 2.31. The molecule has 0 aliphatic heterocycles. The van der Waals surface area contributed by atoms with Crippen LogP contribution in [0.3, 0.4) is 0 Å². The summed E-state index contributed by atoms with van der Waals surface area (Å²) < 4.78 is 53.9. The molecule has 0 aliphatic carbocycles. The van der Waals surface area contributed by atoms with Crippen molar-refractivity contribution < 1.29 is 17.6 Å². The Morgan fingerprint density at radius 3 is 2.44 bits per heavy atom. The molecule has 2 N–H and O–H groups in total. The van der Waals surface area contributed by atoms with Gasteiger partial charge >= 0.3 is 6.18 Å². The Bertz CT molecular complexity index is 1140. The summed E-state index contributed by atoms with van der Waals surface area (Å²) in [6, 6.07) is 8.98. The second kappa shape index (κ2) is 6.19. The lowest BCUT2D eigenvalue weighted by atomic mass is 10.2. The van der Waals surface area contributed by atoms with E-state index in [9.17, 15) is 17.6 Å². The molecule has 1 aromatic carbocycles. The third kappa shape index (κ3) is 3.05. The normalized spacial score (nSPS) is 12.0. The molecule has 0 unspecified atom stereocenters. The number of halogens is 4. The smallest absolute Gasteiger partial charge is 0.335 e. The molecule has 3 heterocycles. The molecule has 0 atom stereocenters. The maximum atomic E-state index is 14.0. The largest absolute Gasteiger partial charge is 0.453 e. The summed E-state index contributed by atoms with van der Waals surface area (Å²) in [7, 11) is 0. The fourth-order valence-corrected chi connectivity index (χ4v) is 2.98. The second-order valence-electron chi connectivity index (χ2n) is 5.22. The van der Waals surface area contributed by atoms with Crippen molar-refractivity contribution in [2.75, 3.05) is 5.84 Å². The molecule has 13 heteroatoms. The molecule has 0 aliphatic rings. The van der Waals surface area contributed by atoms with Gasteiger partial charge in [-0.1, -0.05) is 12.1 Å². The van der Waals surface area contributed by atoms with Gasteiger partial charge in [-0.25, -0.2) is 9.07 Å². The summed E-state index contributed by atoms with van der Waals surface area (Å²) in [5, 5.41) is 18.6. The Morgan fingerprint density at radius 2 is 1.74 bits per heavy atom. The van der Waals surface area contributed by atoms with Crippen LogP contribution in [0.25, 0.3) is 17.0 Å². The van der Waals surface area contributed by atoms with Crippen molar-refractivity contribution in [2.45, 2.75) is 16.4 Å². The average molecular weight is 396 g/mol. The fraction of sp³-hybridized carbons (Fsp3) is 0.0714. The lowest BCUT2D eigenvalue weighted by molar-refractivity contribution is -0.146. The third-order valence-corrected chi connectivity index (χ3v) is 4.35. The highest BCUT2D eigenvalue weighted by molar-refractivity contribution is 7.99. The average Bonchev–Trinajstić information content (AvgIpc) is 3.19. The van der Waals surface area contributed by atoms with Gasteiger partial charge in [0.2, 0.25) is 5.16 Å². The van der Waals surface area contributed by atoms with E-state index in [2.05, 4.69) is 25.5 Å². The summed E-state index contributed by atoms with van der Waals surface area (Å²) in [5.41, 5.74) is 0.517. The van der Waals surface area contributed by atoms with E-state index in [0.29, 0.717) is 10.3 Å². The number of nitrogens with zero attached hydrogens (tertiary/aromatic N) is 7. The summed E-state index contributed by atoms with van der Waals surface area (Å²) in [6.45, 7) is 0. The van der Waals surface area contributed by atoms with Crippen LogP contribution in [0.15, 0.2) is 46.6 Å².